The van der Waals surface area contributed by atoms with Crippen LogP contribution >= 0.6 is 24.0 Å². The van der Waals surface area contributed by atoms with E-state index in [1.165, 1.54) is 11.8 Å². The molecule has 0 aromatic heterocycles. The number of carbonyl (C=O) groups excluding carboxylic acids is 1. The number of carbonyl (C=O) groups is 1. The normalized spacial score (nSPS) is 15.7. The van der Waals surface area contributed by atoms with Crippen LogP contribution in [0.15, 0.2) is 59.5 Å². The molecule has 0 bridgehead atoms. The molecule has 3 rings (SSSR count). The molecule has 1 heterocycles. The topological polar surface area (TPSA) is 38.8 Å². The number of nitrogens with zero attached hydrogens (tertiary/aromatic N) is 1. The summed E-state index contributed by atoms with van der Waals surface area (Å²) in [7, 11) is 1.62. The number of methoxy groups -OCH3 is 1. The van der Waals surface area contributed by atoms with Crippen LogP contribution in [-0.4, -0.2) is 35.4 Å². The van der Waals surface area contributed by atoms with E-state index in [-0.39, 0.29) is 5.91 Å². The zero-order chi connectivity index (χ0) is 17.6. The van der Waals surface area contributed by atoms with E-state index < -0.39 is 0 Å². The van der Waals surface area contributed by atoms with Crippen molar-refractivity contribution in [3.8, 4) is 11.5 Å². The fourth-order valence-corrected chi connectivity index (χ4v) is 3.66. The number of hydrogen-bond donors (Lipinski definition) is 0. The predicted octanol–water partition coefficient (Wildman–Crippen LogP) is 3.98. The first kappa shape index (κ1) is 17.5. The van der Waals surface area contributed by atoms with Gasteiger partial charge in [-0.15, -0.1) is 0 Å². The molecule has 4 nitrogen and oxygen atoms in total. The highest BCUT2D eigenvalue weighted by Crippen LogP contribution is 2.32. The zero-order valence-electron chi connectivity index (χ0n) is 13.7. The molecule has 128 valence electrons. The van der Waals surface area contributed by atoms with E-state index in [4.69, 9.17) is 21.7 Å². The molecule has 1 amide bonds. The summed E-state index contributed by atoms with van der Waals surface area (Å²) in [6, 6.07) is 17.1. The van der Waals surface area contributed by atoms with E-state index in [0.717, 1.165) is 17.1 Å². The highest BCUT2D eigenvalue weighted by atomic mass is 32.2. The lowest BCUT2D eigenvalue weighted by atomic mass is 10.2. The molecule has 1 aliphatic rings. The van der Waals surface area contributed by atoms with Crippen LogP contribution < -0.4 is 9.47 Å². The van der Waals surface area contributed by atoms with Crippen molar-refractivity contribution in [1.82, 2.24) is 4.90 Å². The first-order chi connectivity index (χ1) is 12.2. The van der Waals surface area contributed by atoms with Crippen molar-refractivity contribution in [3.05, 3.63) is 65.1 Å². The van der Waals surface area contributed by atoms with Crippen molar-refractivity contribution >= 4 is 40.3 Å². The maximum Gasteiger partial charge on any atom is 0.266 e. The number of hydrogen-bond acceptors (Lipinski definition) is 5. The van der Waals surface area contributed by atoms with Gasteiger partial charge in [0.05, 0.1) is 18.6 Å². The molecular weight excluding hydrogens is 354 g/mol. The minimum atomic E-state index is -0.0884. The average Bonchev–Trinajstić information content (AvgIpc) is 2.90. The molecule has 6 heteroatoms. The maximum absolute atomic E-state index is 12.6. The molecule has 0 aliphatic carbocycles. The Balaban J connectivity index is 1.64. The second kappa shape index (κ2) is 8.18. The fourth-order valence-electron chi connectivity index (χ4n) is 2.35. The van der Waals surface area contributed by atoms with Crippen LogP contribution in [0.25, 0.3) is 6.08 Å². The van der Waals surface area contributed by atoms with Gasteiger partial charge in [-0.1, -0.05) is 54.3 Å². The third-order valence-electron chi connectivity index (χ3n) is 3.59. The molecule has 0 N–H and O–H groups in total. The Kier molecular flexibility index (Phi) is 5.73. The maximum atomic E-state index is 12.6. The smallest absolute Gasteiger partial charge is 0.266 e. The summed E-state index contributed by atoms with van der Waals surface area (Å²) in [4.78, 5) is 14.8. The Hall–Kier alpha value is -2.31. The summed E-state index contributed by atoms with van der Waals surface area (Å²) in [5.41, 5.74) is 0.903. The molecule has 0 spiro atoms. The van der Waals surface area contributed by atoms with Gasteiger partial charge in [0, 0.05) is 0 Å². The van der Waals surface area contributed by atoms with E-state index in [0.29, 0.717) is 22.4 Å². The number of ether oxygens (including phenoxy) is 2. The summed E-state index contributed by atoms with van der Waals surface area (Å²) in [5.74, 6) is 1.44. The van der Waals surface area contributed by atoms with Gasteiger partial charge in [0.25, 0.3) is 5.91 Å². The molecule has 0 unspecified atom stereocenters. The van der Waals surface area contributed by atoms with E-state index in [9.17, 15) is 4.79 Å². The van der Waals surface area contributed by atoms with Crippen LogP contribution in [0.3, 0.4) is 0 Å². The summed E-state index contributed by atoms with van der Waals surface area (Å²) in [6.45, 7) is 0.817. The number of amides is 1. The molecule has 0 radical (unpaired) electrons. The van der Waals surface area contributed by atoms with E-state index in [2.05, 4.69) is 0 Å². The summed E-state index contributed by atoms with van der Waals surface area (Å²) in [5, 5.41) is 0. The van der Waals surface area contributed by atoms with Crippen LogP contribution in [0.5, 0.6) is 11.5 Å². The number of benzene rings is 2. The zero-order valence-corrected chi connectivity index (χ0v) is 15.3. The van der Waals surface area contributed by atoms with Crippen LogP contribution in [0, 0.1) is 0 Å². The summed E-state index contributed by atoms with van der Waals surface area (Å²) >= 11 is 6.65. The van der Waals surface area contributed by atoms with Gasteiger partial charge in [0.1, 0.15) is 22.4 Å². The minimum absolute atomic E-state index is 0.0884. The van der Waals surface area contributed by atoms with Gasteiger partial charge in [-0.2, -0.15) is 0 Å². The van der Waals surface area contributed by atoms with Gasteiger partial charge in [-0.25, -0.2) is 0 Å². The molecule has 2 aromatic carbocycles. The monoisotopic (exact) mass is 371 g/mol. The van der Waals surface area contributed by atoms with Gasteiger partial charge >= 0.3 is 0 Å². The average molecular weight is 371 g/mol. The van der Waals surface area contributed by atoms with Crippen molar-refractivity contribution in [3.63, 3.8) is 0 Å². The third kappa shape index (κ3) is 4.41. The number of thioether (sulfide) groups is 1. The first-order valence-electron chi connectivity index (χ1n) is 7.74. The number of thiocarbonyl (C=S) groups is 1. The molecule has 2 aromatic rings. The molecule has 25 heavy (non-hydrogen) atoms. The standard InChI is InChI=1S/C19H17NO3S2/c1-22-16-9-5-6-14(12-16)13-17-18(21)20(19(24)25-17)10-11-23-15-7-3-2-4-8-15/h2-9,12-13H,10-11H2,1H3/b17-13-. The van der Waals surface area contributed by atoms with Crippen molar-refractivity contribution in [2.24, 2.45) is 0 Å². The predicted molar refractivity (Wildman–Crippen MR) is 105 cm³/mol. The van der Waals surface area contributed by atoms with Crippen molar-refractivity contribution in [1.29, 1.82) is 0 Å². The van der Waals surface area contributed by atoms with Crippen LogP contribution in [-0.2, 0) is 4.79 Å². The van der Waals surface area contributed by atoms with Crippen molar-refractivity contribution in [2.75, 3.05) is 20.3 Å². The Morgan fingerprint density at radius 2 is 1.88 bits per heavy atom. The lowest BCUT2D eigenvalue weighted by Gasteiger charge is -2.14. The SMILES string of the molecule is COc1cccc(/C=C2\SC(=S)N(CCOc3ccccc3)C2=O)c1. The van der Waals surface area contributed by atoms with Gasteiger partial charge in [-0.3, -0.25) is 9.69 Å². The van der Waals surface area contributed by atoms with Crippen molar-refractivity contribution in [2.45, 2.75) is 0 Å². The molecule has 1 aliphatic heterocycles. The van der Waals surface area contributed by atoms with E-state index in [1.54, 1.807) is 12.0 Å². The lowest BCUT2D eigenvalue weighted by molar-refractivity contribution is -0.122. The summed E-state index contributed by atoms with van der Waals surface area (Å²) in [6.07, 6.45) is 1.83. The van der Waals surface area contributed by atoms with Crippen LogP contribution in [0.1, 0.15) is 5.56 Å². The van der Waals surface area contributed by atoms with Gasteiger partial charge in [-0.05, 0) is 35.9 Å². The molecule has 1 fully saturated rings. The Labute approximate surface area is 156 Å². The number of para-hydroxylation sites is 1. The fraction of sp³-hybridized carbons (Fsp3) is 0.158. The Morgan fingerprint density at radius 1 is 1.12 bits per heavy atom. The highest BCUT2D eigenvalue weighted by molar-refractivity contribution is 8.26. The van der Waals surface area contributed by atoms with Gasteiger partial charge in [0.2, 0.25) is 0 Å². The molecular formula is C19H17NO3S2. The van der Waals surface area contributed by atoms with Crippen LogP contribution in [0.4, 0.5) is 0 Å². The number of rotatable bonds is 6. The largest absolute Gasteiger partial charge is 0.497 e. The van der Waals surface area contributed by atoms with Gasteiger partial charge < -0.3 is 9.47 Å². The second-order valence-electron chi connectivity index (χ2n) is 5.27. The Morgan fingerprint density at radius 3 is 2.64 bits per heavy atom. The molecule has 0 atom stereocenters. The van der Waals surface area contributed by atoms with Gasteiger partial charge in [0.15, 0.2) is 0 Å². The second-order valence-corrected chi connectivity index (χ2v) is 6.95. The Bertz CT molecular complexity index is 805. The highest BCUT2D eigenvalue weighted by Gasteiger charge is 2.31. The van der Waals surface area contributed by atoms with Crippen molar-refractivity contribution < 1.29 is 14.3 Å². The quantitative estimate of drug-likeness (QED) is 0.567. The third-order valence-corrected chi connectivity index (χ3v) is 4.97. The first-order valence-corrected chi connectivity index (χ1v) is 8.97. The lowest BCUT2D eigenvalue weighted by Crippen LogP contribution is -2.32. The minimum Gasteiger partial charge on any atom is -0.497 e. The van der Waals surface area contributed by atoms with E-state index >= 15 is 0 Å². The summed E-state index contributed by atoms with van der Waals surface area (Å²) < 4.78 is 11.4. The molecule has 1 saturated heterocycles. The van der Waals surface area contributed by atoms with Crippen LogP contribution in [0.2, 0.25) is 0 Å². The molecule has 0 saturated carbocycles. The van der Waals surface area contributed by atoms with E-state index in [1.807, 2.05) is 60.7 Å².